The van der Waals surface area contributed by atoms with Gasteiger partial charge in [0.15, 0.2) is 5.65 Å². The fraction of sp³-hybridized carbons (Fsp3) is 0.500. The van der Waals surface area contributed by atoms with Gasteiger partial charge in [0.05, 0.1) is 11.1 Å². The summed E-state index contributed by atoms with van der Waals surface area (Å²) in [4.78, 5) is 35.2. The van der Waals surface area contributed by atoms with E-state index in [1.807, 2.05) is 4.90 Å². The number of rotatable bonds is 2. The van der Waals surface area contributed by atoms with Crippen LogP contribution in [0, 0.1) is 5.92 Å². The number of carbonyl (C=O) groups excluding carboxylic acids is 1. The van der Waals surface area contributed by atoms with Gasteiger partial charge in [0, 0.05) is 30.8 Å². The van der Waals surface area contributed by atoms with Crippen LogP contribution < -0.4 is 5.69 Å². The maximum absolute atomic E-state index is 12.7. The minimum Gasteiger partial charge on any atom is -0.396 e. The maximum Gasteiger partial charge on any atom is 0.325 e. The van der Waals surface area contributed by atoms with Crippen molar-refractivity contribution in [1.29, 1.82) is 0 Å². The number of pyridine rings is 1. The molecule has 0 aromatic carbocycles. The van der Waals surface area contributed by atoms with E-state index in [4.69, 9.17) is 0 Å². The molecule has 7 nitrogen and oxygen atoms in total. The lowest BCUT2D eigenvalue weighted by molar-refractivity contribution is 0.0707. The van der Waals surface area contributed by atoms with Crippen molar-refractivity contribution >= 4 is 17.1 Å². The molecule has 4 heterocycles. The van der Waals surface area contributed by atoms with Crippen molar-refractivity contribution in [3.05, 3.63) is 28.3 Å². The molecule has 1 amide bonds. The summed E-state index contributed by atoms with van der Waals surface area (Å²) in [6, 6.07) is 2.02. The minimum atomic E-state index is -0.330. The zero-order chi connectivity index (χ0) is 14.6. The molecule has 0 unspecified atom stereocenters. The van der Waals surface area contributed by atoms with E-state index in [1.54, 1.807) is 6.07 Å². The zero-order valence-electron chi connectivity index (χ0n) is 11.4. The first-order valence-electron chi connectivity index (χ1n) is 7.19. The third-order valence-electron chi connectivity index (χ3n) is 4.75. The van der Waals surface area contributed by atoms with Gasteiger partial charge >= 0.3 is 5.69 Å². The Bertz CT molecular complexity index is 765. The van der Waals surface area contributed by atoms with Crippen LogP contribution in [0.2, 0.25) is 0 Å². The fourth-order valence-electron chi connectivity index (χ4n) is 3.81. The van der Waals surface area contributed by atoms with Gasteiger partial charge in [0.2, 0.25) is 0 Å². The Labute approximate surface area is 120 Å². The topological polar surface area (TPSA) is 102 Å². The molecule has 3 atom stereocenters. The quantitative estimate of drug-likeness (QED) is 0.736. The summed E-state index contributed by atoms with van der Waals surface area (Å²) in [6.07, 6.45) is 4.34. The van der Waals surface area contributed by atoms with Gasteiger partial charge in [0.1, 0.15) is 0 Å². The summed E-state index contributed by atoms with van der Waals surface area (Å²) in [5.74, 6) is 0.131. The normalized spacial score (nSPS) is 27.7. The minimum absolute atomic E-state index is 0.0603. The molecule has 2 aromatic heterocycles. The number of nitrogens with zero attached hydrogens (tertiary/aromatic N) is 2. The Morgan fingerprint density at radius 3 is 3.05 bits per heavy atom. The van der Waals surface area contributed by atoms with E-state index in [2.05, 4.69) is 15.0 Å². The van der Waals surface area contributed by atoms with E-state index in [-0.39, 0.29) is 36.2 Å². The number of fused-ring (bicyclic) bond motifs is 3. The van der Waals surface area contributed by atoms with Crippen LogP contribution in [0.5, 0.6) is 0 Å². The number of aromatic nitrogens is 3. The molecular weight excluding hydrogens is 272 g/mol. The summed E-state index contributed by atoms with van der Waals surface area (Å²) in [7, 11) is 0. The number of H-pyrrole nitrogens is 2. The average Bonchev–Trinajstić information content (AvgIpc) is 3.15. The van der Waals surface area contributed by atoms with Crippen LogP contribution in [-0.2, 0) is 0 Å². The van der Waals surface area contributed by atoms with Crippen molar-refractivity contribution in [2.75, 3.05) is 6.61 Å². The molecule has 2 bridgehead atoms. The molecule has 4 rings (SSSR count). The van der Waals surface area contributed by atoms with Gasteiger partial charge < -0.3 is 15.0 Å². The second-order valence-corrected chi connectivity index (χ2v) is 5.89. The highest BCUT2D eigenvalue weighted by Crippen LogP contribution is 2.42. The first kappa shape index (κ1) is 12.6. The maximum atomic E-state index is 12.7. The van der Waals surface area contributed by atoms with Gasteiger partial charge in [-0.1, -0.05) is 0 Å². The zero-order valence-corrected chi connectivity index (χ0v) is 11.4. The Morgan fingerprint density at radius 1 is 1.43 bits per heavy atom. The molecule has 0 radical (unpaired) electrons. The van der Waals surface area contributed by atoms with Crippen molar-refractivity contribution < 1.29 is 9.90 Å². The SMILES string of the molecule is O=C(c1cnc2[nH]c(=O)[nH]c2c1)N1[C@@H]2CC[C@H]1[C@H](CO)C2. The van der Waals surface area contributed by atoms with Crippen molar-refractivity contribution in [1.82, 2.24) is 19.9 Å². The van der Waals surface area contributed by atoms with Crippen LogP contribution in [0.25, 0.3) is 11.2 Å². The summed E-state index contributed by atoms with van der Waals surface area (Å²) in [6.45, 7) is 0.132. The number of nitrogens with one attached hydrogen (secondary N) is 2. The van der Waals surface area contributed by atoms with Crippen molar-refractivity contribution in [2.45, 2.75) is 31.3 Å². The van der Waals surface area contributed by atoms with Gasteiger partial charge in [-0.05, 0) is 25.3 Å². The summed E-state index contributed by atoms with van der Waals surface area (Å²) < 4.78 is 0. The molecular formula is C14H16N4O3. The molecule has 21 heavy (non-hydrogen) atoms. The lowest BCUT2D eigenvalue weighted by Gasteiger charge is -2.23. The molecule has 0 spiro atoms. The Kier molecular flexibility index (Phi) is 2.65. The van der Waals surface area contributed by atoms with Gasteiger partial charge in [0.25, 0.3) is 5.91 Å². The van der Waals surface area contributed by atoms with Crippen molar-refractivity contribution in [2.24, 2.45) is 5.92 Å². The van der Waals surface area contributed by atoms with Crippen LogP contribution >= 0.6 is 0 Å². The second-order valence-electron chi connectivity index (χ2n) is 5.89. The van der Waals surface area contributed by atoms with Crippen LogP contribution in [0.3, 0.4) is 0 Å². The smallest absolute Gasteiger partial charge is 0.325 e. The number of aliphatic hydroxyl groups is 1. The van der Waals surface area contributed by atoms with Crippen LogP contribution in [0.4, 0.5) is 0 Å². The Hall–Kier alpha value is -2.15. The third-order valence-corrected chi connectivity index (χ3v) is 4.75. The molecule has 0 aliphatic carbocycles. The van der Waals surface area contributed by atoms with E-state index in [9.17, 15) is 14.7 Å². The van der Waals surface area contributed by atoms with Crippen molar-refractivity contribution in [3.63, 3.8) is 0 Å². The molecule has 0 saturated carbocycles. The lowest BCUT2D eigenvalue weighted by Crippen LogP contribution is -2.37. The highest BCUT2D eigenvalue weighted by atomic mass is 16.3. The van der Waals surface area contributed by atoms with E-state index in [0.717, 1.165) is 19.3 Å². The molecule has 2 aliphatic rings. The van der Waals surface area contributed by atoms with E-state index in [1.165, 1.54) is 6.20 Å². The number of hydrogen-bond acceptors (Lipinski definition) is 4. The number of imidazole rings is 1. The molecule has 2 fully saturated rings. The number of amides is 1. The Morgan fingerprint density at radius 2 is 2.29 bits per heavy atom. The van der Waals surface area contributed by atoms with E-state index >= 15 is 0 Å². The fourth-order valence-corrected chi connectivity index (χ4v) is 3.81. The van der Waals surface area contributed by atoms with Crippen LogP contribution in [0.1, 0.15) is 29.6 Å². The summed E-state index contributed by atoms with van der Waals surface area (Å²) in [5, 5.41) is 9.41. The first-order chi connectivity index (χ1) is 10.2. The van der Waals surface area contributed by atoms with Crippen LogP contribution in [0.15, 0.2) is 17.1 Å². The van der Waals surface area contributed by atoms with E-state index < -0.39 is 0 Å². The number of carbonyl (C=O) groups is 1. The van der Waals surface area contributed by atoms with E-state index in [0.29, 0.717) is 16.7 Å². The van der Waals surface area contributed by atoms with Crippen LogP contribution in [-0.4, -0.2) is 49.6 Å². The molecule has 2 aliphatic heterocycles. The highest BCUT2D eigenvalue weighted by molar-refractivity contribution is 5.97. The molecule has 2 saturated heterocycles. The highest BCUT2D eigenvalue weighted by Gasteiger charge is 2.48. The summed E-state index contributed by atoms with van der Waals surface area (Å²) >= 11 is 0. The monoisotopic (exact) mass is 288 g/mol. The molecule has 110 valence electrons. The standard InChI is InChI=1S/C14H16N4O3/c19-6-8-3-9-1-2-11(8)18(9)13(20)7-4-10-12(15-5-7)17-14(21)16-10/h4-5,8-9,11,19H,1-3,6H2,(H2,15,16,17,21)/t8-,9+,11-/m0/s1. The largest absolute Gasteiger partial charge is 0.396 e. The van der Waals surface area contributed by atoms with Gasteiger partial charge in [-0.2, -0.15) is 0 Å². The molecule has 2 aromatic rings. The summed E-state index contributed by atoms with van der Waals surface area (Å²) in [5.41, 5.74) is 1.14. The lowest BCUT2D eigenvalue weighted by atomic mass is 9.90. The number of aromatic amines is 2. The second kappa shape index (κ2) is 4.42. The third kappa shape index (κ3) is 1.80. The predicted octanol–water partition coefficient (Wildman–Crippen LogP) is 0.237. The van der Waals surface area contributed by atoms with Gasteiger partial charge in [-0.15, -0.1) is 0 Å². The van der Waals surface area contributed by atoms with Gasteiger partial charge in [-0.3, -0.25) is 9.78 Å². The Balaban J connectivity index is 1.68. The molecule has 3 N–H and O–H groups in total. The number of aliphatic hydroxyl groups excluding tert-OH is 1. The first-order valence-corrected chi connectivity index (χ1v) is 7.19. The molecule has 7 heteroatoms. The number of hydrogen-bond donors (Lipinski definition) is 3. The van der Waals surface area contributed by atoms with Gasteiger partial charge in [-0.25, -0.2) is 9.78 Å². The predicted molar refractivity (Wildman–Crippen MR) is 74.9 cm³/mol. The average molecular weight is 288 g/mol. The van der Waals surface area contributed by atoms with Crippen molar-refractivity contribution in [3.8, 4) is 0 Å².